The summed E-state index contributed by atoms with van der Waals surface area (Å²) in [5.74, 6) is 0.0608. The number of carbonyl (C=O) groups is 1. The standard InChI is InChI=1S/C15H8Br2OS/c16-10-4-1-3-9(7-10)14(18)12-8-19-15-11(12)5-2-6-13(15)17/h1-8H. The summed E-state index contributed by atoms with van der Waals surface area (Å²) in [5.41, 5.74) is 1.47. The number of carbonyl (C=O) groups excluding carboxylic acids is 1. The molecule has 1 nitrogen and oxygen atoms in total. The molecule has 0 fully saturated rings. The molecule has 0 atom stereocenters. The van der Waals surface area contributed by atoms with Crippen LogP contribution in [0.25, 0.3) is 10.1 Å². The summed E-state index contributed by atoms with van der Waals surface area (Å²) in [4.78, 5) is 12.6. The van der Waals surface area contributed by atoms with E-state index in [-0.39, 0.29) is 5.78 Å². The van der Waals surface area contributed by atoms with E-state index in [2.05, 4.69) is 31.9 Å². The molecular weight excluding hydrogens is 388 g/mol. The van der Waals surface area contributed by atoms with Crippen molar-refractivity contribution in [2.24, 2.45) is 0 Å². The van der Waals surface area contributed by atoms with E-state index in [4.69, 9.17) is 0 Å². The minimum absolute atomic E-state index is 0.0608. The van der Waals surface area contributed by atoms with Crippen molar-refractivity contribution in [3.05, 3.63) is 67.9 Å². The number of halogens is 2. The van der Waals surface area contributed by atoms with Crippen molar-refractivity contribution in [3.8, 4) is 0 Å². The fraction of sp³-hybridized carbons (Fsp3) is 0. The van der Waals surface area contributed by atoms with Crippen molar-refractivity contribution in [1.29, 1.82) is 0 Å². The minimum Gasteiger partial charge on any atom is -0.289 e. The van der Waals surface area contributed by atoms with E-state index < -0.39 is 0 Å². The monoisotopic (exact) mass is 394 g/mol. The van der Waals surface area contributed by atoms with Gasteiger partial charge in [0.2, 0.25) is 0 Å². The fourth-order valence-corrected chi connectivity index (χ4v) is 3.98. The molecule has 3 aromatic rings. The lowest BCUT2D eigenvalue weighted by Gasteiger charge is -2.01. The molecular formula is C15H8Br2OS. The van der Waals surface area contributed by atoms with Gasteiger partial charge in [0.05, 0.1) is 0 Å². The lowest BCUT2D eigenvalue weighted by atomic mass is 10.0. The van der Waals surface area contributed by atoms with Crippen molar-refractivity contribution in [2.45, 2.75) is 0 Å². The maximum atomic E-state index is 12.6. The summed E-state index contributed by atoms with van der Waals surface area (Å²) in [7, 11) is 0. The molecule has 0 amide bonds. The Kier molecular flexibility index (Phi) is 3.56. The maximum Gasteiger partial charge on any atom is 0.194 e. The second kappa shape index (κ2) is 5.19. The molecule has 94 valence electrons. The zero-order chi connectivity index (χ0) is 13.4. The summed E-state index contributed by atoms with van der Waals surface area (Å²) in [6.45, 7) is 0. The van der Waals surface area contributed by atoms with Gasteiger partial charge in [-0.2, -0.15) is 0 Å². The van der Waals surface area contributed by atoms with Gasteiger partial charge in [-0.3, -0.25) is 4.79 Å². The van der Waals surface area contributed by atoms with Gasteiger partial charge in [-0.05, 0) is 34.1 Å². The highest BCUT2D eigenvalue weighted by Crippen LogP contribution is 2.33. The SMILES string of the molecule is O=C(c1cccc(Br)c1)c1csc2c(Br)cccc12. The Labute approximate surface area is 131 Å². The molecule has 1 heterocycles. The van der Waals surface area contributed by atoms with Crippen LogP contribution in [0.15, 0.2) is 56.8 Å². The molecule has 1 aromatic heterocycles. The van der Waals surface area contributed by atoms with Crippen LogP contribution in [0.5, 0.6) is 0 Å². The number of ketones is 1. The van der Waals surface area contributed by atoms with Gasteiger partial charge in [-0.1, -0.05) is 40.2 Å². The van der Waals surface area contributed by atoms with Crippen molar-refractivity contribution in [1.82, 2.24) is 0 Å². The van der Waals surface area contributed by atoms with Crippen LogP contribution in [-0.2, 0) is 0 Å². The molecule has 0 spiro atoms. The highest BCUT2D eigenvalue weighted by atomic mass is 79.9. The van der Waals surface area contributed by atoms with Crippen molar-refractivity contribution >= 4 is 59.1 Å². The number of benzene rings is 2. The molecule has 0 radical (unpaired) electrons. The smallest absolute Gasteiger partial charge is 0.194 e. The molecule has 0 aliphatic rings. The molecule has 0 unspecified atom stereocenters. The van der Waals surface area contributed by atoms with Crippen LogP contribution < -0.4 is 0 Å². The zero-order valence-corrected chi connectivity index (χ0v) is 13.7. The summed E-state index contributed by atoms with van der Waals surface area (Å²) in [6.07, 6.45) is 0. The number of rotatable bonds is 2. The molecule has 4 heteroatoms. The van der Waals surface area contributed by atoms with Crippen LogP contribution in [0.2, 0.25) is 0 Å². The van der Waals surface area contributed by atoms with Gasteiger partial charge in [0.25, 0.3) is 0 Å². The van der Waals surface area contributed by atoms with Crippen LogP contribution in [0.1, 0.15) is 15.9 Å². The normalized spacial score (nSPS) is 10.8. The van der Waals surface area contributed by atoms with E-state index in [0.29, 0.717) is 5.56 Å². The van der Waals surface area contributed by atoms with Crippen molar-refractivity contribution in [2.75, 3.05) is 0 Å². The summed E-state index contributed by atoms with van der Waals surface area (Å²) in [5, 5.41) is 2.93. The summed E-state index contributed by atoms with van der Waals surface area (Å²) < 4.78 is 3.06. The average molecular weight is 396 g/mol. The molecule has 3 rings (SSSR count). The predicted octanol–water partition coefficient (Wildman–Crippen LogP) is 5.66. The third-order valence-corrected chi connectivity index (χ3v) is 5.33. The van der Waals surface area contributed by atoms with E-state index in [0.717, 1.165) is 24.6 Å². The van der Waals surface area contributed by atoms with E-state index in [9.17, 15) is 4.79 Å². The van der Waals surface area contributed by atoms with E-state index in [1.165, 1.54) is 0 Å². The van der Waals surface area contributed by atoms with Gasteiger partial charge < -0.3 is 0 Å². The Balaban J connectivity index is 2.15. The largest absolute Gasteiger partial charge is 0.289 e. The number of hydrogen-bond acceptors (Lipinski definition) is 2. The van der Waals surface area contributed by atoms with Crippen LogP contribution in [0, 0.1) is 0 Å². The van der Waals surface area contributed by atoms with Gasteiger partial charge in [0.1, 0.15) is 0 Å². The number of hydrogen-bond donors (Lipinski definition) is 0. The van der Waals surface area contributed by atoms with Gasteiger partial charge in [0, 0.05) is 35.5 Å². The highest BCUT2D eigenvalue weighted by molar-refractivity contribution is 9.11. The van der Waals surface area contributed by atoms with Gasteiger partial charge in [0.15, 0.2) is 5.78 Å². The molecule has 0 aliphatic carbocycles. The molecule has 0 saturated carbocycles. The zero-order valence-electron chi connectivity index (χ0n) is 9.69. The van der Waals surface area contributed by atoms with Crippen LogP contribution >= 0.6 is 43.2 Å². The highest BCUT2D eigenvalue weighted by Gasteiger charge is 2.15. The topological polar surface area (TPSA) is 17.1 Å². The van der Waals surface area contributed by atoms with Gasteiger partial charge in [-0.25, -0.2) is 0 Å². The Bertz CT molecular complexity index is 777. The molecule has 19 heavy (non-hydrogen) atoms. The summed E-state index contributed by atoms with van der Waals surface area (Å²) in [6, 6.07) is 13.4. The molecule has 0 N–H and O–H groups in total. The van der Waals surface area contributed by atoms with E-state index in [1.54, 1.807) is 11.3 Å². The summed E-state index contributed by atoms with van der Waals surface area (Å²) >= 11 is 8.51. The van der Waals surface area contributed by atoms with Gasteiger partial charge >= 0.3 is 0 Å². The first-order valence-electron chi connectivity index (χ1n) is 5.63. The predicted molar refractivity (Wildman–Crippen MR) is 87.1 cm³/mol. The third kappa shape index (κ3) is 2.40. The first-order chi connectivity index (χ1) is 9.16. The molecule has 2 aromatic carbocycles. The molecule has 0 aliphatic heterocycles. The maximum absolute atomic E-state index is 12.6. The molecule has 0 saturated heterocycles. The first kappa shape index (κ1) is 13.0. The Hall–Kier alpha value is -0.970. The van der Waals surface area contributed by atoms with Crippen LogP contribution in [0.4, 0.5) is 0 Å². The second-order valence-electron chi connectivity index (χ2n) is 4.11. The third-order valence-electron chi connectivity index (χ3n) is 2.88. The lowest BCUT2D eigenvalue weighted by Crippen LogP contribution is -1.99. The average Bonchev–Trinajstić information content (AvgIpc) is 2.83. The van der Waals surface area contributed by atoms with E-state index in [1.807, 2.05) is 47.8 Å². The van der Waals surface area contributed by atoms with E-state index >= 15 is 0 Å². The number of fused-ring (bicyclic) bond motifs is 1. The van der Waals surface area contributed by atoms with Crippen molar-refractivity contribution in [3.63, 3.8) is 0 Å². The fourth-order valence-electron chi connectivity index (χ4n) is 1.98. The second-order valence-corrected chi connectivity index (χ2v) is 6.76. The van der Waals surface area contributed by atoms with Crippen molar-refractivity contribution < 1.29 is 4.79 Å². The first-order valence-corrected chi connectivity index (χ1v) is 8.09. The van der Waals surface area contributed by atoms with Gasteiger partial charge in [-0.15, -0.1) is 11.3 Å². The Morgan fingerprint density at radius 3 is 2.63 bits per heavy atom. The molecule has 0 bridgehead atoms. The Morgan fingerprint density at radius 2 is 1.84 bits per heavy atom. The van der Waals surface area contributed by atoms with Crippen LogP contribution in [0.3, 0.4) is 0 Å². The lowest BCUT2D eigenvalue weighted by molar-refractivity contribution is 0.104. The number of thiophene rings is 1. The Morgan fingerprint density at radius 1 is 1.05 bits per heavy atom. The quantitative estimate of drug-likeness (QED) is 0.512. The van der Waals surface area contributed by atoms with Crippen LogP contribution in [-0.4, -0.2) is 5.78 Å². The minimum atomic E-state index is 0.0608.